The van der Waals surface area contributed by atoms with Crippen molar-refractivity contribution in [2.24, 2.45) is 0 Å². The van der Waals surface area contributed by atoms with Crippen molar-refractivity contribution >= 4 is 27.9 Å². The molecule has 0 spiro atoms. The fourth-order valence-corrected chi connectivity index (χ4v) is 4.08. The fraction of sp³-hybridized carbons (Fsp3) is 0.273. The Morgan fingerprint density at radius 3 is 2.71 bits per heavy atom. The summed E-state index contributed by atoms with van der Waals surface area (Å²) < 4.78 is 19.6. The second kappa shape index (κ2) is 6.48. The third-order valence-corrected chi connectivity index (χ3v) is 5.69. The van der Waals surface area contributed by atoms with E-state index in [2.05, 4.69) is 4.98 Å². The summed E-state index contributed by atoms with van der Waals surface area (Å²) in [6, 6.07) is 12.7. The SMILES string of the molecule is Cc1c(C(=O)N2CCC(c3nc4ccccc4[nH]3)CC2)oc2c(F)cccc12. The second-order valence-electron chi connectivity index (χ2n) is 7.38. The van der Waals surface area contributed by atoms with Gasteiger partial charge in [0.15, 0.2) is 17.2 Å². The van der Waals surface area contributed by atoms with Crippen molar-refractivity contribution in [3.63, 3.8) is 0 Å². The molecule has 5 nitrogen and oxygen atoms in total. The number of likely N-dealkylation sites (tertiary alicyclic amines) is 1. The van der Waals surface area contributed by atoms with Crippen LogP contribution in [0.4, 0.5) is 4.39 Å². The topological polar surface area (TPSA) is 62.1 Å². The van der Waals surface area contributed by atoms with Crippen LogP contribution in [0.2, 0.25) is 0 Å². The van der Waals surface area contributed by atoms with Crippen molar-refractivity contribution in [2.45, 2.75) is 25.7 Å². The van der Waals surface area contributed by atoms with Gasteiger partial charge in [-0.05, 0) is 38.0 Å². The number of piperidine rings is 1. The minimum atomic E-state index is -0.441. The highest BCUT2D eigenvalue weighted by atomic mass is 19.1. The standard InChI is InChI=1S/C22H20FN3O2/c1-13-15-5-4-6-16(23)20(15)28-19(13)22(27)26-11-9-14(10-12-26)21-24-17-7-2-3-8-18(17)25-21/h2-8,14H,9-12H2,1H3,(H,24,25). The van der Waals surface area contributed by atoms with E-state index in [4.69, 9.17) is 9.40 Å². The van der Waals surface area contributed by atoms with Gasteiger partial charge < -0.3 is 14.3 Å². The number of aryl methyl sites for hydroxylation is 1. The summed E-state index contributed by atoms with van der Waals surface area (Å²) in [7, 11) is 0. The van der Waals surface area contributed by atoms with E-state index in [0.717, 1.165) is 29.7 Å². The van der Waals surface area contributed by atoms with E-state index in [1.165, 1.54) is 6.07 Å². The van der Waals surface area contributed by atoms with E-state index < -0.39 is 5.82 Å². The Morgan fingerprint density at radius 2 is 1.96 bits per heavy atom. The molecule has 1 amide bonds. The Bertz CT molecular complexity index is 1150. The van der Waals surface area contributed by atoms with E-state index in [-0.39, 0.29) is 17.3 Å². The molecule has 1 saturated heterocycles. The van der Waals surface area contributed by atoms with E-state index in [9.17, 15) is 9.18 Å². The maximum Gasteiger partial charge on any atom is 0.289 e. The molecule has 3 heterocycles. The van der Waals surface area contributed by atoms with Gasteiger partial charge in [-0.3, -0.25) is 4.79 Å². The van der Waals surface area contributed by atoms with Gasteiger partial charge in [-0.2, -0.15) is 0 Å². The number of rotatable bonds is 2. The number of halogens is 1. The van der Waals surface area contributed by atoms with Gasteiger partial charge in [0.1, 0.15) is 5.82 Å². The van der Waals surface area contributed by atoms with Crippen LogP contribution < -0.4 is 0 Å². The number of H-pyrrole nitrogens is 1. The normalized spacial score (nSPS) is 15.6. The van der Waals surface area contributed by atoms with Gasteiger partial charge in [0, 0.05) is 30.0 Å². The first-order valence-corrected chi connectivity index (χ1v) is 9.53. The van der Waals surface area contributed by atoms with Gasteiger partial charge in [-0.1, -0.05) is 24.3 Å². The first kappa shape index (κ1) is 17.0. The minimum absolute atomic E-state index is 0.153. The zero-order chi connectivity index (χ0) is 19.3. The Labute approximate surface area is 161 Å². The number of furan rings is 1. The highest BCUT2D eigenvalue weighted by molar-refractivity contribution is 5.99. The molecule has 0 unspecified atom stereocenters. The Hall–Kier alpha value is -3.15. The van der Waals surface area contributed by atoms with Gasteiger partial charge in [-0.15, -0.1) is 0 Å². The lowest BCUT2D eigenvalue weighted by Gasteiger charge is -2.30. The number of nitrogens with zero attached hydrogens (tertiary/aromatic N) is 2. The quantitative estimate of drug-likeness (QED) is 0.547. The highest BCUT2D eigenvalue weighted by Crippen LogP contribution is 2.31. The maximum absolute atomic E-state index is 14.0. The summed E-state index contributed by atoms with van der Waals surface area (Å²) in [5, 5.41) is 0.653. The first-order chi connectivity index (χ1) is 13.6. The number of hydrogen-bond acceptors (Lipinski definition) is 3. The molecule has 0 radical (unpaired) electrons. The summed E-state index contributed by atoms with van der Waals surface area (Å²) in [5.74, 6) is 0.905. The van der Waals surface area contributed by atoms with Gasteiger partial charge in [0.25, 0.3) is 5.91 Å². The lowest BCUT2D eigenvalue weighted by atomic mass is 9.96. The lowest BCUT2D eigenvalue weighted by Crippen LogP contribution is -2.38. The molecule has 2 aromatic carbocycles. The molecule has 1 aliphatic rings. The number of benzene rings is 2. The largest absolute Gasteiger partial charge is 0.448 e. The number of nitrogens with one attached hydrogen (secondary N) is 1. The van der Waals surface area contributed by atoms with Crippen LogP contribution in [0.15, 0.2) is 46.9 Å². The number of aromatic amines is 1. The molecule has 1 fully saturated rings. The number of aromatic nitrogens is 2. The molecule has 1 aliphatic heterocycles. The number of hydrogen-bond donors (Lipinski definition) is 1. The van der Waals surface area contributed by atoms with E-state index in [1.807, 2.05) is 24.3 Å². The summed E-state index contributed by atoms with van der Waals surface area (Å²) in [5.41, 5.74) is 2.85. The molecule has 1 N–H and O–H groups in total. The zero-order valence-electron chi connectivity index (χ0n) is 15.5. The Balaban J connectivity index is 1.34. The summed E-state index contributed by atoms with van der Waals surface area (Å²) in [4.78, 5) is 22.9. The van der Waals surface area contributed by atoms with Crippen LogP contribution in [0.5, 0.6) is 0 Å². The summed E-state index contributed by atoms with van der Waals surface area (Å²) >= 11 is 0. The molecule has 28 heavy (non-hydrogen) atoms. The molecule has 4 aromatic rings. The average molecular weight is 377 g/mol. The number of carbonyl (C=O) groups excluding carboxylic acids is 1. The van der Waals surface area contributed by atoms with Crippen molar-refractivity contribution in [1.29, 1.82) is 0 Å². The molecule has 2 aromatic heterocycles. The summed E-state index contributed by atoms with van der Waals surface area (Å²) in [6.45, 7) is 3.05. The summed E-state index contributed by atoms with van der Waals surface area (Å²) in [6.07, 6.45) is 1.67. The molecule has 6 heteroatoms. The molecule has 142 valence electrons. The molecule has 0 saturated carbocycles. The highest BCUT2D eigenvalue weighted by Gasteiger charge is 2.29. The molecule has 0 aliphatic carbocycles. The molecule has 5 rings (SSSR count). The van der Waals surface area contributed by atoms with Crippen molar-refractivity contribution in [2.75, 3.05) is 13.1 Å². The molecule has 0 atom stereocenters. The van der Waals surface area contributed by atoms with Gasteiger partial charge in [0.2, 0.25) is 0 Å². The third kappa shape index (κ3) is 2.68. The number of fused-ring (bicyclic) bond motifs is 2. The van der Waals surface area contributed by atoms with Crippen LogP contribution in [0, 0.1) is 12.7 Å². The molecular formula is C22H20FN3O2. The number of imidazole rings is 1. The van der Waals surface area contributed by atoms with E-state index in [1.54, 1.807) is 24.0 Å². The molecular weight excluding hydrogens is 357 g/mol. The minimum Gasteiger partial charge on any atom is -0.448 e. The van der Waals surface area contributed by atoms with E-state index >= 15 is 0 Å². The predicted molar refractivity (Wildman–Crippen MR) is 105 cm³/mol. The smallest absolute Gasteiger partial charge is 0.289 e. The van der Waals surface area contributed by atoms with Crippen LogP contribution in [0.1, 0.15) is 40.7 Å². The van der Waals surface area contributed by atoms with E-state index in [0.29, 0.717) is 30.0 Å². The lowest BCUT2D eigenvalue weighted by molar-refractivity contribution is 0.0680. The second-order valence-corrected chi connectivity index (χ2v) is 7.38. The number of carbonyl (C=O) groups is 1. The third-order valence-electron chi connectivity index (χ3n) is 5.69. The Morgan fingerprint density at radius 1 is 1.18 bits per heavy atom. The van der Waals surface area contributed by atoms with Gasteiger partial charge in [0.05, 0.1) is 11.0 Å². The van der Waals surface area contributed by atoms with Crippen LogP contribution >= 0.6 is 0 Å². The van der Waals surface area contributed by atoms with Crippen molar-refractivity contribution in [3.8, 4) is 0 Å². The molecule has 0 bridgehead atoms. The van der Waals surface area contributed by atoms with Gasteiger partial charge >= 0.3 is 0 Å². The van der Waals surface area contributed by atoms with Crippen molar-refractivity contribution in [1.82, 2.24) is 14.9 Å². The number of amides is 1. The van der Waals surface area contributed by atoms with Crippen molar-refractivity contribution in [3.05, 3.63) is 65.4 Å². The Kier molecular flexibility index (Phi) is 3.93. The fourth-order valence-electron chi connectivity index (χ4n) is 4.08. The van der Waals surface area contributed by atoms with Crippen LogP contribution in [0.3, 0.4) is 0 Å². The van der Waals surface area contributed by atoms with Crippen molar-refractivity contribution < 1.29 is 13.6 Å². The average Bonchev–Trinajstić information content (AvgIpc) is 3.30. The monoisotopic (exact) mass is 377 g/mol. The van der Waals surface area contributed by atoms with Crippen LogP contribution in [-0.2, 0) is 0 Å². The predicted octanol–water partition coefficient (Wildman–Crippen LogP) is 4.78. The zero-order valence-corrected chi connectivity index (χ0v) is 15.5. The van der Waals surface area contributed by atoms with Crippen LogP contribution in [0.25, 0.3) is 22.0 Å². The van der Waals surface area contributed by atoms with Crippen LogP contribution in [-0.4, -0.2) is 33.9 Å². The van der Waals surface area contributed by atoms with Gasteiger partial charge in [-0.25, -0.2) is 9.37 Å². The maximum atomic E-state index is 14.0. The first-order valence-electron chi connectivity index (χ1n) is 9.53. The number of para-hydroxylation sites is 3.